The van der Waals surface area contributed by atoms with Gasteiger partial charge in [-0.2, -0.15) is 9.78 Å². The molecule has 0 unspecified atom stereocenters. The molecular formula is C22H25N5O4S. The molecule has 1 aromatic carbocycles. The molecule has 0 aliphatic carbocycles. The average Bonchev–Trinajstić information content (AvgIpc) is 2.97. The summed E-state index contributed by atoms with van der Waals surface area (Å²) in [6.07, 6.45) is 0. The Bertz CT molecular complexity index is 1150. The molecule has 168 valence electrons. The van der Waals surface area contributed by atoms with Crippen molar-refractivity contribution in [2.24, 2.45) is 0 Å². The third kappa shape index (κ3) is 3.86. The summed E-state index contributed by atoms with van der Waals surface area (Å²) in [5.41, 5.74) is 4.22. The number of fused-ring (bicyclic) bond motifs is 1. The lowest BCUT2D eigenvalue weighted by Crippen LogP contribution is -2.17. The van der Waals surface area contributed by atoms with Gasteiger partial charge in [0.1, 0.15) is 5.82 Å². The Morgan fingerprint density at radius 1 is 1.00 bits per heavy atom. The number of hydrogen-bond donors (Lipinski definition) is 1. The SMILES string of the molecule is COc1cc([C@H]2SCC(=O)Nc3c2c(C)nn3-c2nc(C)cc(C)n2)cc(OC)c1OC. The lowest BCUT2D eigenvalue weighted by atomic mass is 10.0. The standard InChI is InChI=1S/C22H25N5O4S/c1-11-7-12(2)24-22(23-11)27-21-18(13(3)26-27)20(32-10-17(28)25-21)14-8-15(29-4)19(31-6)16(9-14)30-5/h7-9,20H,10H2,1-6H3,(H,25,28)/t20-/m1/s1. The predicted molar refractivity (Wildman–Crippen MR) is 122 cm³/mol. The van der Waals surface area contributed by atoms with Crippen molar-refractivity contribution in [3.8, 4) is 23.2 Å². The van der Waals surface area contributed by atoms with Gasteiger partial charge in [0.05, 0.1) is 38.0 Å². The molecule has 2 aromatic heterocycles. The van der Waals surface area contributed by atoms with Gasteiger partial charge in [0.25, 0.3) is 5.95 Å². The first-order valence-corrected chi connectivity index (χ1v) is 11.0. The van der Waals surface area contributed by atoms with Gasteiger partial charge in [0, 0.05) is 17.0 Å². The fraction of sp³-hybridized carbons (Fsp3) is 0.364. The second kappa shape index (κ2) is 8.70. The van der Waals surface area contributed by atoms with E-state index in [2.05, 4.69) is 15.3 Å². The molecule has 3 heterocycles. The third-order valence-corrected chi connectivity index (χ3v) is 6.43. The maximum Gasteiger partial charge on any atom is 0.252 e. The summed E-state index contributed by atoms with van der Waals surface area (Å²) in [5, 5.41) is 7.50. The van der Waals surface area contributed by atoms with E-state index in [0.29, 0.717) is 29.0 Å². The molecular weight excluding hydrogens is 430 g/mol. The van der Waals surface area contributed by atoms with Crippen molar-refractivity contribution in [3.05, 3.63) is 46.4 Å². The van der Waals surface area contributed by atoms with Crippen molar-refractivity contribution in [2.45, 2.75) is 26.0 Å². The van der Waals surface area contributed by atoms with E-state index >= 15 is 0 Å². The molecule has 1 aliphatic heterocycles. The van der Waals surface area contributed by atoms with Crippen LogP contribution in [0.5, 0.6) is 17.2 Å². The highest BCUT2D eigenvalue weighted by Crippen LogP contribution is 2.48. The van der Waals surface area contributed by atoms with Crippen LogP contribution in [-0.4, -0.2) is 52.7 Å². The maximum absolute atomic E-state index is 12.6. The van der Waals surface area contributed by atoms with Crippen molar-refractivity contribution in [3.63, 3.8) is 0 Å². The van der Waals surface area contributed by atoms with Gasteiger partial charge in [-0.25, -0.2) is 9.97 Å². The Hall–Kier alpha value is -3.27. The first kappa shape index (κ1) is 21.9. The molecule has 0 fully saturated rings. The average molecular weight is 456 g/mol. The van der Waals surface area contributed by atoms with Crippen LogP contribution in [0.25, 0.3) is 5.95 Å². The zero-order chi connectivity index (χ0) is 23.0. The number of ether oxygens (including phenoxy) is 3. The van der Waals surface area contributed by atoms with E-state index in [-0.39, 0.29) is 16.9 Å². The van der Waals surface area contributed by atoms with Gasteiger partial charge in [-0.05, 0) is 44.5 Å². The molecule has 0 saturated heterocycles. The second-order valence-corrected chi connectivity index (χ2v) is 8.50. The van der Waals surface area contributed by atoms with Crippen molar-refractivity contribution in [1.82, 2.24) is 19.7 Å². The summed E-state index contributed by atoms with van der Waals surface area (Å²) in [6, 6.07) is 5.71. The molecule has 3 aromatic rings. The molecule has 0 radical (unpaired) electrons. The van der Waals surface area contributed by atoms with Crippen LogP contribution in [0.4, 0.5) is 5.82 Å². The normalized spacial score (nSPS) is 15.6. The number of benzene rings is 1. The topological polar surface area (TPSA) is 100 Å². The van der Waals surface area contributed by atoms with Gasteiger partial charge >= 0.3 is 0 Å². The van der Waals surface area contributed by atoms with E-state index in [1.807, 2.05) is 39.0 Å². The summed E-state index contributed by atoms with van der Waals surface area (Å²) in [7, 11) is 4.73. The van der Waals surface area contributed by atoms with Crippen molar-refractivity contribution in [1.29, 1.82) is 0 Å². The van der Waals surface area contributed by atoms with Gasteiger partial charge in [-0.1, -0.05) is 0 Å². The number of nitrogens with zero attached hydrogens (tertiary/aromatic N) is 4. The number of carbonyl (C=O) groups excluding carboxylic acids is 1. The van der Waals surface area contributed by atoms with Gasteiger partial charge in [-0.15, -0.1) is 11.8 Å². The Labute approximate surface area is 190 Å². The molecule has 1 N–H and O–H groups in total. The number of nitrogens with one attached hydrogen (secondary N) is 1. The summed E-state index contributed by atoms with van der Waals surface area (Å²) in [4.78, 5) is 21.7. The van der Waals surface area contributed by atoms with Gasteiger partial charge in [0.15, 0.2) is 11.5 Å². The number of aryl methyl sites for hydroxylation is 3. The summed E-state index contributed by atoms with van der Waals surface area (Å²) >= 11 is 1.51. The minimum atomic E-state index is -0.197. The van der Waals surface area contributed by atoms with E-state index in [9.17, 15) is 4.79 Å². The number of rotatable bonds is 5. The molecule has 4 rings (SSSR count). The Kier molecular flexibility index (Phi) is 5.96. The van der Waals surface area contributed by atoms with E-state index < -0.39 is 0 Å². The van der Waals surface area contributed by atoms with Crippen LogP contribution in [0, 0.1) is 20.8 Å². The number of methoxy groups -OCH3 is 3. The summed E-state index contributed by atoms with van der Waals surface area (Å²) in [5.74, 6) is 2.78. The quantitative estimate of drug-likeness (QED) is 0.625. The largest absolute Gasteiger partial charge is 0.493 e. The van der Waals surface area contributed by atoms with Crippen molar-refractivity contribution >= 4 is 23.5 Å². The Morgan fingerprint density at radius 2 is 1.62 bits per heavy atom. The van der Waals surface area contributed by atoms with E-state index in [4.69, 9.17) is 19.3 Å². The molecule has 9 nitrogen and oxygen atoms in total. The van der Waals surface area contributed by atoms with Crippen LogP contribution < -0.4 is 19.5 Å². The molecule has 10 heteroatoms. The number of aromatic nitrogens is 4. The van der Waals surface area contributed by atoms with Crippen molar-refractivity contribution in [2.75, 3.05) is 32.4 Å². The van der Waals surface area contributed by atoms with Crippen LogP contribution >= 0.6 is 11.8 Å². The molecule has 0 bridgehead atoms. The molecule has 1 atom stereocenters. The second-order valence-electron chi connectivity index (χ2n) is 7.41. The van der Waals surface area contributed by atoms with Crippen LogP contribution in [0.3, 0.4) is 0 Å². The van der Waals surface area contributed by atoms with E-state index in [1.54, 1.807) is 26.0 Å². The Morgan fingerprint density at radius 3 is 2.19 bits per heavy atom. The lowest BCUT2D eigenvalue weighted by molar-refractivity contribution is -0.113. The zero-order valence-electron chi connectivity index (χ0n) is 18.8. The fourth-order valence-corrected chi connectivity index (χ4v) is 5.01. The number of carbonyl (C=O) groups is 1. The van der Waals surface area contributed by atoms with Gasteiger partial charge in [0.2, 0.25) is 11.7 Å². The number of thioether (sulfide) groups is 1. The number of anilines is 1. The first-order chi connectivity index (χ1) is 15.4. The summed E-state index contributed by atoms with van der Waals surface area (Å²) < 4.78 is 18.2. The van der Waals surface area contributed by atoms with Crippen LogP contribution in [0.15, 0.2) is 18.2 Å². The fourth-order valence-electron chi connectivity index (χ4n) is 3.85. The molecule has 32 heavy (non-hydrogen) atoms. The highest BCUT2D eigenvalue weighted by atomic mass is 32.2. The third-order valence-electron chi connectivity index (χ3n) is 5.16. The minimum absolute atomic E-state index is 0.114. The lowest BCUT2D eigenvalue weighted by Gasteiger charge is -2.19. The molecule has 0 saturated carbocycles. The van der Waals surface area contributed by atoms with E-state index in [0.717, 1.165) is 28.2 Å². The van der Waals surface area contributed by atoms with Crippen molar-refractivity contribution < 1.29 is 19.0 Å². The molecule has 1 amide bonds. The van der Waals surface area contributed by atoms with Crippen LogP contribution in [0.1, 0.15) is 33.5 Å². The highest BCUT2D eigenvalue weighted by Gasteiger charge is 2.32. The number of amides is 1. The van der Waals surface area contributed by atoms with Crippen LogP contribution in [0.2, 0.25) is 0 Å². The van der Waals surface area contributed by atoms with E-state index in [1.165, 1.54) is 11.8 Å². The summed E-state index contributed by atoms with van der Waals surface area (Å²) in [6.45, 7) is 5.72. The number of hydrogen-bond acceptors (Lipinski definition) is 8. The predicted octanol–water partition coefficient (Wildman–Crippen LogP) is 3.39. The van der Waals surface area contributed by atoms with Gasteiger partial charge in [-0.3, -0.25) is 4.79 Å². The van der Waals surface area contributed by atoms with Crippen LogP contribution in [-0.2, 0) is 4.79 Å². The molecule has 0 spiro atoms. The highest BCUT2D eigenvalue weighted by molar-refractivity contribution is 8.00. The Balaban J connectivity index is 1.92. The molecule has 1 aliphatic rings. The smallest absolute Gasteiger partial charge is 0.252 e. The monoisotopic (exact) mass is 455 g/mol. The minimum Gasteiger partial charge on any atom is -0.493 e. The first-order valence-electron chi connectivity index (χ1n) is 9.99. The zero-order valence-corrected chi connectivity index (χ0v) is 19.7. The van der Waals surface area contributed by atoms with Gasteiger partial charge < -0.3 is 19.5 Å². The maximum atomic E-state index is 12.6.